The number of rotatable bonds is 3. The molecule has 0 amide bonds. The van der Waals surface area contributed by atoms with Crippen LogP contribution in [0.3, 0.4) is 0 Å². The molecule has 2 rings (SSSR count). The molecule has 0 radical (unpaired) electrons. The van der Waals surface area contributed by atoms with Crippen molar-refractivity contribution in [1.29, 1.82) is 0 Å². The second-order valence-electron chi connectivity index (χ2n) is 2.42. The topological polar surface area (TPSA) is 90.6 Å². The first-order chi connectivity index (χ1) is 6.33. The molecule has 2 heterocycles. The minimum atomic E-state index is -0.0694. The SMILES string of the molecule is Nc1ncn2cnn(OCCO)c12. The van der Waals surface area contributed by atoms with Gasteiger partial charge in [-0.1, -0.05) is 4.85 Å². The average Bonchev–Trinajstić information content (AvgIpc) is 2.67. The van der Waals surface area contributed by atoms with Crippen LogP contribution in [0.5, 0.6) is 0 Å². The highest BCUT2D eigenvalue weighted by atomic mass is 16.7. The second-order valence-corrected chi connectivity index (χ2v) is 2.42. The van der Waals surface area contributed by atoms with Gasteiger partial charge in [0, 0.05) is 0 Å². The Labute approximate surface area is 73.3 Å². The molecule has 0 atom stereocenters. The van der Waals surface area contributed by atoms with Crippen molar-refractivity contribution in [3.8, 4) is 0 Å². The molecule has 0 aliphatic heterocycles. The highest BCUT2D eigenvalue weighted by Crippen LogP contribution is 2.08. The number of nitrogens with two attached hydrogens (primary N) is 1. The van der Waals surface area contributed by atoms with Crippen molar-refractivity contribution in [2.75, 3.05) is 18.9 Å². The summed E-state index contributed by atoms with van der Waals surface area (Å²) in [4.78, 5) is 10.2. The van der Waals surface area contributed by atoms with E-state index in [1.54, 1.807) is 4.40 Å². The molecule has 0 saturated heterocycles. The molecule has 13 heavy (non-hydrogen) atoms. The van der Waals surface area contributed by atoms with Gasteiger partial charge in [-0.3, -0.25) is 4.40 Å². The summed E-state index contributed by atoms with van der Waals surface area (Å²) in [6.07, 6.45) is 3.06. The van der Waals surface area contributed by atoms with E-state index in [-0.39, 0.29) is 13.2 Å². The van der Waals surface area contributed by atoms with Crippen LogP contribution in [-0.2, 0) is 0 Å². The number of aromatic nitrogens is 4. The smallest absolute Gasteiger partial charge is 0.219 e. The quantitative estimate of drug-likeness (QED) is 0.606. The zero-order valence-corrected chi connectivity index (χ0v) is 6.79. The Bertz CT molecular complexity index is 406. The molecule has 0 aromatic carbocycles. The summed E-state index contributed by atoms with van der Waals surface area (Å²) >= 11 is 0. The zero-order valence-electron chi connectivity index (χ0n) is 6.79. The van der Waals surface area contributed by atoms with Crippen LogP contribution in [0.2, 0.25) is 0 Å². The molecule has 2 aromatic rings. The molecule has 70 valence electrons. The number of imidazole rings is 1. The molecule has 2 aromatic heterocycles. The van der Waals surface area contributed by atoms with Crippen LogP contribution in [0.1, 0.15) is 0 Å². The van der Waals surface area contributed by atoms with E-state index in [0.717, 1.165) is 0 Å². The average molecular weight is 183 g/mol. The van der Waals surface area contributed by atoms with Crippen LogP contribution in [-0.4, -0.2) is 37.6 Å². The summed E-state index contributed by atoms with van der Waals surface area (Å²) in [5.41, 5.74) is 6.12. The van der Waals surface area contributed by atoms with Gasteiger partial charge in [-0.2, -0.15) is 0 Å². The van der Waals surface area contributed by atoms with Gasteiger partial charge in [-0.25, -0.2) is 4.98 Å². The molecule has 0 aliphatic carbocycles. The predicted octanol–water partition coefficient (Wildman–Crippen LogP) is -1.47. The van der Waals surface area contributed by atoms with Crippen molar-refractivity contribution in [2.45, 2.75) is 0 Å². The summed E-state index contributed by atoms with van der Waals surface area (Å²) < 4.78 is 1.63. The third-order valence-corrected chi connectivity index (χ3v) is 1.56. The Morgan fingerprint density at radius 2 is 2.38 bits per heavy atom. The van der Waals surface area contributed by atoms with E-state index in [9.17, 15) is 0 Å². The Morgan fingerprint density at radius 1 is 1.54 bits per heavy atom. The lowest BCUT2D eigenvalue weighted by Crippen LogP contribution is -2.17. The van der Waals surface area contributed by atoms with Crippen LogP contribution in [0.25, 0.3) is 5.65 Å². The third kappa shape index (κ3) is 1.18. The number of aliphatic hydroxyl groups is 1. The van der Waals surface area contributed by atoms with E-state index in [1.165, 1.54) is 17.5 Å². The summed E-state index contributed by atoms with van der Waals surface area (Å²) in [5.74, 6) is 0.343. The van der Waals surface area contributed by atoms with Crippen LogP contribution in [0.4, 0.5) is 5.82 Å². The second kappa shape index (κ2) is 2.94. The van der Waals surface area contributed by atoms with Gasteiger partial charge in [0.05, 0.1) is 6.61 Å². The lowest BCUT2D eigenvalue weighted by atomic mass is 10.7. The van der Waals surface area contributed by atoms with Gasteiger partial charge in [-0.05, 0) is 0 Å². The molecule has 0 fully saturated rings. The van der Waals surface area contributed by atoms with E-state index < -0.39 is 0 Å². The zero-order chi connectivity index (χ0) is 9.26. The molecule has 0 bridgehead atoms. The molecule has 7 heteroatoms. The largest absolute Gasteiger partial charge is 0.393 e. The third-order valence-electron chi connectivity index (χ3n) is 1.56. The van der Waals surface area contributed by atoms with Crippen molar-refractivity contribution < 1.29 is 9.94 Å². The maximum atomic E-state index is 8.54. The monoisotopic (exact) mass is 183 g/mol. The number of aliphatic hydroxyl groups excluding tert-OH is 1. The summed E-state index contributed by atoms with van der Waals surface area (Å²) in [5, 5.41) is 12.4. The molecule has 0 saturated carbocycles. The molecular weight excluding hydrogens is 174 g/mol. The fourth-order valence-electron chi connectivity index (χ4n) is 1.03. The van der Waals surface area contributed by atoms with Gasteiger partial charge >= 0.3 is 0 Å². The van der Waals surface area contributed by atoms with E-state index >= 15 is 0 Å². The van der Waals surface area contributed by atoms with Gasteiger partial charge in [-0.15, -0.1) is 5.10 Å². The molecule has 0 unspecified atom stereocenters. The lowest BCUT2D eigenvalue weighted by molar-refractivity contribution is 0.0614. The first-order valence-electron chi connectivity index (χ1n) is 3.73. The van der Waals surface area contributed by atoms with E-state index in [4.69, 9.17) is 15.7 Å². The van der Waals surface area contributed by atoms with Crippen LogP contribution < -0.4 is 10.6 Å². The van der Waals surface area contributed by atoms with Crippen molar-refractivity contribution in [3.63, 3.8) is 0 Å². The number of hydrogen-bond donors (Lipinski definition) is 2. The molecular formula is C6H9N5O2. The van der Waals surface area contributed by atoms with Crippen LogP contribution >= 0.6 is 0 Å². The van der Waals surface area contributed by atoms with Crippen molar-refractivity contribution in [3.05, 3.63) is 12.7 Å². The van der Waals surface area contributed by atoms with Crippen molar-refractivity contribution >= 4 is 11.5 Å². The first-order valence-corrected chi connectivity index (χ1v) is 3.73. The number of hydrogen-bond acceptors (Lipinski definition) is 5. The normalized spacial score (nSPS) is 10.8. The highest BCUT2D eigenvalue weighted by molar-refractivity contribution is 5.59. The minimum absolute atomic E-state index is 0.0694. The van der Waals surface area contributed by atoms with Gasteiger partial charge in [0.1, 0.15) is 19.3 Å². The number of nitrogens with zero attached hydrogens (tertiary/aromatic N) is 4. The Balaban J connectivity index is 2.38. The number of anilines is 1. The highest BCUT2D eigenvalue weighted by Gasteiger charge is 2.07. The predicted molar refractivity (Wildman–Crippen MR) is 43.9 cm³/mol. The van der Waals surface area contributed by atoms with Crippen molar-refractivity contribution in [2.24, 2.45) is 0 Å². The fourth-order valence-corrected chi connectivity index (χ4v) is 1.03. The summed E-state index contributed by atoms with van der Waals surface area (Å²) in [7, 11) is 0. The molecule has 7 nitrogen and oxygen atoms in total. The molecule has 0 spiro atoms. The van der Waals surface area contributed by atoms with E-state index in [1.807, 2.05) is 0 Å². The standard InChI is InChI=1S/C6H9N5O2/c7-5-6-10(3-8-5)4-9-11(6)13-2-1-12/h3-4,12H,1-2,7H2. The molecule has 0 aliphatic rings. The van der Waals surface area contributed by atoms with E-state index in [0.29, 0.717) is 11.5 Å². The maximum absolute atomic E-state index is 8.54. The Kier molecular flexibility index (Phi) is 1.78. The van der Waals surface area contributed by atoms with E-state index in [2.05, 4.69) is 10.1 Å². The minimum Gasteiger partial charge on any atom is -0.393 e. The summed E-state index contributed by atoms with van der Waals surface area (Å²) in [6.45, 7) is 0.0992. The number of nitrogen functional groups attached to an aromatic ring is 1. The summed E-state index contributed by atoms with van der Waals surface area (Å²) in [6, 6.07) is 0. The first kappa shape index (κ1) is 7.87. The van der Waals surface area contributed by atoms with Crippen LogP contribution in [0, 0.1) is 0 Å². The number of fused-ring (bicyclic) bond motifs is 1. The Morgan fingerprint density at radius 3 is 3.15 bits per heavy atom. The van der Waals surface area contributed by atoms with Gasteiger partial charge < -0.3 is 15.7 Å². The maximum Gasteiger partial charge on any atom is 0.219 e. The fraction of sp³-hybridized carbons (Fsp3) is 0.333. The van der Waals surface area contributed by atoms with Gasteiger partial charge in [0.25, 0.3) is 0 Å². The van der Waals surface area contributed by atoms with Gasteiger partial charge in [0.15, 0.2) is 5.82 Å². The lowest BCUT2D eigenvalue weighted by Gasteiger charge is -2.01. The molecule has 3 N–H and O–H groups in total. The van der Waals surface area contributed by atoms with Gasteiger partial charge in [0.2, 0.25) is 5.65 Å². The Hall–Kier alpha value is -1.76. The van der Waals surface area contributed by atoms with Crippen LogP contribution in [0.15, 0.2) is 12.7 Å². The van der Waals surface area contributed by atoms with Crippen molar-refractivity contribution in [1.82, 2.24) is 19.3 Å².